The number of hydrogen-bond donors (Lipinski definition) is 1. The first-order valence-corrected chi connectivity index (χ1v) is 6.36. The lowest BCUT2D eigenvalue weighted by Crippen LogP contribution is -2.04. The average Bonchev–Trinajstić information content (AvgIpc) is 2.77. The maximum atomic E-state index is 5.93. The Morgan fingerprint density at radius 1 is 1.28 bits per heavy atom. The van der Waals surface area contributed by atoms with Crippen molar-refractivity contribution in [3.05, 3.63) is 34.1 Å². The van der Waals surface area contributed by atoms with E-state index in [-0.39, 0.29) is 5.92 Å². The predicted molar refractivity (Wildman–Crippen MR) is 71.8 cm³/mol. The number of nitrogens with zero attached hydrogens (tertiary/aromatic N) is 2. The molecular weight excluding hydrogens is 273 g/mol. The van der Waals surface area contributed by atoms with E-state index in [1.165, 1.54) is 0 Å². The number of hydrogen-bond acceptors (Lipinski definition) is 4. The summed E-state index contributed by atoms with van der Waals surface area (Å²) >= 11 is 11.9. The first-order valence-electron chi connectivity index (χ1n) is 5.60. The summed E-state index contributed by atoms with van der Waals surface area (Å²) in [6.07, 6.45) is 0.804. The molecule has 0 bridgehead atoms. The number of benzene rings is 1. The number of nitrogens with two attached hydrogens (primary N) is 1. The van der Waals surface area contributed by atoms with E-state index >= 15 is 0 Å². The third-order valence-electron chi connectivity index (χ3n) is 2.58. The molecule has 0 amide bonds. The SMILES string of the molecule is CC(CCN)c1nc(-c2cc(Cl)cc(Cl)c2)no1. The molecule has 1 aromatic heterocycles. The highest BCUT2D eigenvalue weighted by atomic mass is 35.5. The standard InChI is InChI=1S/C12H13Cl2N3O/c1-7(2-3-15)12-16-11(17-18-12)8-4-9(13)6-10(14)5-8/h4-7H,2-3,15H2,1H3. The van der Waals surface area contributed by atoms with Crippen molar-refractivity contribution in [3.8, 4) is 11.4 Å². The summed E-state index contributed by atoms with van der Waals surface area (Å²) in [7, 11) is 0. The normalized spacial score (nSPS) is 12.7. The molecule has 0 saturated heterocycles. The number of aromatic nitrogens is 2. The second-order valence-electron chi connectivity index (χ2n) is 4.09. The molecule has 0 aliphatic carbocycles. The third kappa shape index (κ3) is 3.02. The van der Waals surface area contributed by atoms with Gasteiger partial charge in [0.25, 0.3) is 0 Å². The van der Waals surface area contributed by atoms with Crippen molar-refractivity contribution in [2.45, 2.75) is 19.3 Å². The van der Waals surface area contributed by atoms with Crippen LogP contribution in [0.15, 0.2) is 22.7 Å². The molecule has 18 heavy (non-hydrogen) atoms. The lowest BCUT2D eigenvalue weighted by atomic mass is 10.1. The maximum absolute atomic E-state index is 5.93. The molecule has 0 aliphatic heterocycles. The van der Waals surface area contributed by atoms with Crippen LogP contribution in [-0.4, -0.2) is 16.7 Å². The van der Waals surface area contributed by atoms with Crippen molar-refractivity contribution in [1.29, 1.82) is 0 Å². The lowest BCUT2D eigenvalue weighted by Gasteiger charge is -2.01. The Morgan fingerprint density at radius 3 is 2.56 bits per heavy atom. The van der Waals surface area contributed by atoms with E-state index in [9.17, 15) is 0 Å². The van der Waals surface area contributed by atoms with E-state index in [2.05, 4.69) is 10.1 Å². The fraction of sp³-hybridized carbons (Fsp3) is 0.333. The van der Waals surface area contributed by atoms with Crippen molar-refractivity contribution >= 4 is 23.2 Å². The zero-order valence-corrected chi connectivity index (χ0v) is 11.4. The van der Waals surface area contributed by atoms with Gasteiger partial charge < -0.3 is 10.3 Å². The molecule has 1 heterocycles. The van der Waals surface area contributed by atoms with Crippen LogP contribution in [0.4, 0.5) is 0 Å². The van der Waals surface area contributed by atoms with E-state index in [4.69, 9.17) is 33.5 Å². The van der Waals surface area contributed by atoms with E-state index in [0.717, 1.165) is 12.0 Å². The zero-order valence-electron chi connectivity index (χ0n) is 9.86. The second kappa shape index (κ2) is 5.69. The fourth-order valence-corrected chi connectivity index (χ4v) is 2.14. The van der Waals surface area contributed by atoms with Crippen LogP contribution >= 0.6 is 23.2 Å². The quantitative estimate of drug-likeness (QED) is 0.934. The monoisotopic (exact) mass is 285 g/mol. The van der Waals surface area contributed by atoms with Gasteiger partial charge in [0, 0.05) is 21.5 Å². The summed E-state index contributed by atoms with van der Waals surface area (Å²) in [4.78, 5) is 4.33. The zero-order chi connectivity index (χ0) is 13.1. The van der Waals surface area contributed by atoms with Gasteiger partial charge in [0.1, 0.15) is 0 Å². The Morgan fingerprint density at radius 2 is 1.94 bits per heavy atom. The smallest absolute Gasteiger partial charge is 0.229 e. The first kappa shape index (κ1) is 13.3. The summed E-state index contributed by atoms with van der Waals surface area (Å²) in [5.74, 6) is 1.20. The van der Waals surface area contributed by atoms with Gasteiger partial charge in [-0.3, -0.25) is 0 Å². The van der Waals surface area contributed by atoms with Crippen LogP contribution in [0.2, 0.25) is 10.0 Å². The molecule has 96 valence electrons. The highest BCUT2D eigenvalue weighted by Gasteiger charge is 2.15. The highest BCUT2D eigenvalue weighted by molar-refractivity contribution is 6.35. The van der Waals surface area contributed by atoms with Gasteiger partial charge in [-0.2, -0.15) is 4.98 Å². The largest absolute Gasteiger partial charge is 0.339 e. The molecule has 2 rings (SSSR count). The fourth-order valence-electron chi connectivity index (χ4n) is 1.61. The summed E-state index contributed by atoms with van der Waals surface area (Å²) in [5.41, 5.74) is 6.24. The van der Waals surface area contributed by atoms with Crippen LogP contribution in [-0.2, 0) is 0 Å². The molecular formula is C12H13Cl2N3O. The number of rotatable bonds is 4. The van der Waals surface area contributed by atoms with Crippen LogP contribution in [0.5, 0.6) is 0 Å². The molecule has 1 unspecified atom stereocenters. The molecule has 1 aromatic carbocycles. The van der Waals surface area contributed by atoms with Crippen molar-refractivity contribution in [2.24, 2.45) is 5.73 Å². The Labute approximate surface area is 115 Å². The predicted octanol–water partition coefficient (Wildman–Crippen LogP) is 3.50. The minimum Gasteiger partial charge on any atom is -0.339 e. The van der Waals surface area contributed by atoms with Crippen LogP contribution in [0.25, 0.3) is 11.4 Å². The second-order valence-corrected chi connectivity index (χ2v) is 4.97. The summed E-state index contributed by atoms with van der Waals surface area (Å²) in [5, 5.41) is 5.01. The molecule has 4 nitrogen and oxygen atoms in total. The number of halogens is 2. The van der Waals surface area contributed by atoms with E-state index < -0.39 is 0 Å². The van der Waals surface area contributed by atoms with Gasteiger partial charge in [0.15, 0.2) is 0 Å². The van der Waals surface area contributed by atoms with Crippen LogP contribution in [0.3, 0.4) is 0 Å². The van der Waals surface area contributed by atoms with Crippen molar-refractivity contribution in [3.63, 3.8) is 0 Å². The van der Waals surface area contributed by atoms with E-state index in [1.54, 1.807) is 18.2 Å². The van der Waals surface area contributed by atoms with E-state index in [0.29, 0.717) is 28.3 Å². The van der Waals surface area contributed by atoms with Crippen molar-refractivity contribution in [1.82, 2.24) is 10.1 Å². The lowest BCUT2D eigenvalue weighted by molar-refractivity contribution is 0.355. The van der Waals surface area contributed by atoms with Crippen LogP contribution in [0, 0.1) is 0 Å². The summed E-state index contributed by atoms with van der Waals surface area (Å²) in [6.45, 7) is 2.58. The molecule has 0 fully saturated rings. The minimum absolute atomic E-state index is 0.144. The molecule has 2 aromatic rings. The molecule has 2 N–H and O–H groups in total. The summed E-state index contributed by atoms with van der Waals surface area (Å²) < 4.78 is 5.21. The Kier molecular flexibility index (Phi) is 4.22. The Hall–Kier alpha value is -1.10. The average molecular weight is 286 g/mol. The third-order valence-corrected chi connectivity index (χ3v) is 3.02. The molecule has 0 spiro atoms. The maximum Gasteiger partial charge on any atom is 0.229 e. The van der Waals surface area contributed by atoms with Gasteiger partial charge >= 0.3 is 0 Å². The molecule has 0 saturated carbocycles. The van der Waals surface area contributed by atoms with Gasteiger partial charge in [-0.05, 0) is 31.2 Å². The highest BCUT2D eigenvalue weighted by Crippen LogP contribution is 2.26. The molecule has 1 atom stereocenters. The Balaban J connectivity index is 2.29. The molecule has 0 aliphatic rings. The Bertz CT molecular complexity index is 522. The van der Waals surface area contributed by atoms with Crippen LogP contribution in [0.1, 0.15) is 25.2 Å². The first-order chi connectivity index (χ1) is 8.60. The minimum atomic E-state index is 0.144. The summed E-state index contributed by atoms with van der Waals surface area (Å²) in [6, 6.07) is 5.15. The van der Waals surface area contributed by atoms with Gasteiger partial charge in [0.05, 0.1) is 0 Å². The molecule has 6 heteroatoms. The topological polar surface area (TPSA) is 64.9 Å². The van der Waals surface area contributed by atoms with Gasteiger partial charge in [0.2, 0.25) is 11.7 Å². The van der Waals surface area contributed by atoms with Crippen molar-refractivity contribution < 1.29 is 4.52 Å². The van der Waals surface area contributed by atoms with E-state index in [1.807, 2.05) is 6.92 Å². The van der Waals surface area contributed by atoms with Crippen molar-refractivity contribution in [2.75, 3.05) is 6.54 Å². The van der Waals surface area contributed by atoms with Gasteiger partial charge in [-0.15, -0.1) is 0 Å². The van der Waals surface area contributed by atoms with Crippen LogP contribution < -0.4 is 5.73 Å². The van der Waals surface area contributed by atoms with Gasteiger partial charge in [-0.1, -0.05) is 35.3 Å². The molecule has 0 radical (unpaired) electrons. The van der Waals surface area contributed by atoms with Gasteiger partial charge in [-0.25, -0.2) is 0 Å².